The van der Waals surface area contributed by atoms with Gasteiger partial charge in [0, 0.05) is 18.4 Å². The lowest BCUT2D eigenvalue weighted by Gasteiger charge is -2.02. The van der Waals surface area contributed by atoms with Crippen LogP contribution in [0.25, 0.3) is 11.1 Å². The molecule has 2 aromatic rings. The van der Waals surface area contributed by atoms with Gasteiger partial charge in [0.2, 0.25) is 9.84 Å². The molecule has 4 nitrogen and oxygen atoms in total. The second-order valence-corrected chi connectivity index (χ2v) is 6.84. The van der Waals surface area contributed by atoms with Gasteiger partial charge in [0.25, 0.3) is 10.2 Å². The number of sulfone groups is 1. The fourth-order valence-electron chi connectivity index (χ4n) is 1.91. The first-order valence-corrected chi connectivity index (χ1v) is 7.91. The number of pyridine rings is 2. The van der Waals surface area contributed by atoms with E-state index in [0.717, 1.165) is 11.1 Å². The van der Waals surface area contributed by atoms with Crippen molar-refractivity contribution in [3.8, 4) is 11.1 Å². The van der Waals surface area contributed by atoms with Crippen LogP contribution in [0.2, 0.25) is 5.15 Å². The maximum Gasteiger partial charge on any atom is 0.296 e. The summed E-state index contributed by atoms with van der Waals surface area (Å²) in [4.78, 5) is 0. The molecule has 0 saturated carbocycles. The first kappa shape index (κ1) is 14.0. The van der Waals surface area contributed by atoms with E-state index in [2.05, 4.69) is 0 Å². The molecule has 0 N–H and O–H groups in total. The van der Waals surface area contributed by atoms with Gasteiger partial charge in [0.15, 0.2) is 12.4 Å². The van der Waals surface area contributed by atoms with Crippen molar-refractivity contribution in [3.05, 3.63) is 41.8 Å². The summed E-state index contributed by atoms with van der Waals surface area (Å²) in [6.07, 6.45) is 4.89. The Kier molecular flexibility index (Phi) is 3.60. The molecule has 0 aliphatic rings. The van der Waals surface area contributed by atoms with Crippen LogP contribution in [0.1, 0.15) is 0 Å². The Bertz CT molecular complexity index is 742. The second-order valence-electron chi connectivity index (χ2n) is 4.49. The summed E-state index contributed by atoms with van der Waals surface area (Å²) >= 11 is 5.96. The zero-order chi connectivity index (χ0) is 14.2. The summed E-state index contributed by atoms with van der Waals surface area (Å²) in [5, 5.41) is 0.926. The number of aryl methyl sites for hydroxylation is 2. The molecule has 2 heterocycles. The molecule has 2 aromatic heterocycles. The average Bonchev–Trinajstić information content (AvgIpc) is 2.31. The van der Waals surface area contributed by atoms with E-state index >= 15 is 0 Å². The fourth-order valence-corrected chi connectivity index (χ4v) is 2.91. The quantitative estimate of drug-likeness (QED) is 0.614. The van der Waals surface area contributed by atoms with Crippen LogP contribution in [0.4, 0.5) is 0 Å². The number of hydrogen-bond donors (Lipinski definition) is 0. The number of halogens is 1. The SMILES string of the molecule is C[n+]1cc(-c2ccc(S(C)(=O)=O)[n+](C)c2)ccc1Cl. The summed E-state index contributed by atoms with van der Waals surface area (Å²) in [5.74, 6) is 0. The van der Waals surface area contributed by atoms with E-state index in [-0.39, 0.29) is 5.03 Å². The molecule has 0 unspecified atom stereocenters. The van der Waals surface area contributed by atoms with E-state index in [9.17, 15) is 8.42 Å². The zero-order valence-electron chi connectivity index (χ0n) is 11.0. The molecule has 0 aliphatic carbocycles. The highest BCUT2D eigenvalue weighted by Crippen LogP contribution is 2.18. The van der Waals surface area contributed by atoms with Gasteiger partial charge >= 0.3 is 0 Å². The first-order chi connectivity index (χ1) is 8.79. The minimum atomic E-state index is -3.21. The van der Waals surface area contributed by atoms with Gasteiger partial charge in [-0.05, 0) is 23.7 Å². The Morgan fingerprint density at radius 1 is 0.947 bits per heavy atom. The van der Waals surface area contributed by atoms with Crippen molar-refractivity contribution < 1.29 is 17.6 Å². The summed E-state index contributed by atoms with van der Waals surface area (Å²) < 4.78 is 26.5. The van der Waals surface area contributed by atoms with Crippen molar-refractivity contribution in [3.63, 3.8) is 0 Å². The van der Waals surface area contributed by atoms with Crippen LogP contribution in [-0.2, 0) is 23.9 Å². The highest BCUT2D eigenvalue weighted by atomic mass is 35.5. The van der Waals surface area contributed by atoms with Crippen molar-refractivity contribution >= 4 is 21.4 Å². The highest BCUT2D eigenvalue weighted by Gasteiger charge is 2.19. The molecule has 19 heavy (non-hydrogen) atoms. The van der Waals surface area contributed by atoms with E-state index in [1.165, 1.54) is 6.26 Å². The Morgan fingerprint density at radius 3 is 1.95 bits per heavy atom. The second kappa shape index (κ2) is 4.90. The summed E-state index contributed by atoms with van der Waals surface area (Å²) in [6.45, 7) is 0. The Hall–Kier alpha value is -1.46. The van der Waals surface area contributed by atoms with E-state index in [0.29, 0.717) is 5.15 Å². The molecule has 0 spiro atoms. The van der Waals surface area contributed by atoms with Gasteiger partial charge < -0.3 is 0 Å². The number of rotatable bonds is 2. The van der Waals surface area contributed by atoms with Gasteiger partial charge in [0.05, 0.1) is 11.1 Å². The predicted octanol–water partition coefficient (Wildman–Crippen LogP) is 1.06. The standard InChI is InChI=1S/C13H15ClN2O2S/c1-15-8-10(4-6-12(15)14)11-5-7-13(16(2)9-11)19(3,17)18/h4-9H,1-3H3/q+2. The molecule has 0 saturated heterocycles. The number of nitrogens with zero attached hydrogens (tertiary/aromatic N) is 2. The molecule has 100 valence electrons. The van der Waals surface area contributed by atoms with Crippen LogP contribution < -0.4 is 9.13 Å². The third kappa shape index (κ3) is 2.93. The van der Waals surface area contributed by atoms with Gasteiger partial charge in [0.1, 0.15) is 14.1 Å². The topological polar surface area (TPSA) is 41.9 Å². The van der Waals surface area contributed by atoms with Gasteiger partial charge in [-0.25, -0.2) is 8.42 Å². The first-order valence-electron chi connectivity index (χ1n) is 5.64. The van der Waals surface area contributed by atoms with Crippen molar-refractivity contribution in [2.45, 2.75) is 5.03 Å². The molecule has 2 rings (SSSR count). The zero-order valence-corrected chi connectivity index (χ0v) is 12.5. The van der Waals surface area contributed by atoms with E-state index in [1.807, 2.05) is 19.3 Å². The van der Waals surface area contributed by atoms with Crippen LogP contribution >= 0.6 is 11.6 Å². The minimum absolute atomic E-state index is 0.287. The van der Waals surface area contributed by atoms with Crippen LogP contribution in [0.15, 0.2) is 41.7 Å². The molecule has 0 aliphatic heterocycles. The minimum Gasteiger partial charge on any atom is -0.218 e. The lowest BCUT2D eigenvalue weighted by Crippen LogP contribution is -2.35. The van der Waals surface area contributed by atoms with Crippen molar-refractivity contribution in [1.29, 1.82) is 0 Å². The molecular weight excluding hydrogens is 284 g/mol. The van der Waals surface area contributed by atoms with Crippen molar-refractivity contribution in [1.82, 2.24) is 0 Å². The monoisotopic (exact) mass is 298 g/mol. The van der Waals surface area contributed by atoms with Gasteiger partial charge in [-0.3, -0.25) is 0 Å². The van der Waals surface area contributed by atoms with Crippen LogP contribution in [-0.4, -0.2) is 14.7 Å². The molecule has 0 aromatic carbocycles. The average molecular weight is 299 g/mol. The molecular formula is C13H15ClN2O2S+2. The highest BCUT2D eigenvalue weighted by molar-refractivity contribution is 7.90. The Labute approximate surface area is 117 Å². The van der Waals surface area contributed by atoms with E-state index < -0.39 is 9.84 Å². The molecule has 0 radical (unpaired) electrons. The molecule has 0 amide bonds. The summed E-state index contributed by atoms with van der Waals surface area (Å²) in [6, 6.07) is 7.11. The number of aromatic nitrogens is 2. The smallest absolute Gasteiger partial charge is 0.218 e. The van der Waals surface area contributed by atoms with Gasteiger partial charge in [-0.2, -0.15) is 9.13 Å². The van der Waals surface area contributed by atoms with Crippen LogP contribution in [0, 0.1) is 0 Å². The Balaban J connectivity index is 2.53. The molecule has 6 heteroatoms. The third-order valence-corrected chi connectivity index (χ3v) is 4.45. The summed E-state index contributed by atoms with van der Waals surface area (Å²) in [7, 11) is 0.365. The Morgan fingerprint density at radius 2 is 1.47 bits per heavy atom. The van der Waals surface area contributed by atoms with E-state index in [1.54, 1.807) is 40.6 Å². The third-order valence-electron chi connectivity index (χ3n) is 2.87. The van der Waals surface area contributed by atoms with Crippen LogP contribution in [0.3, 0.4) is 0 Å². The number of hydrogen-bond acceptors (Lipinski definition) is 2. The maximum absolute atomic E-state index is 11.6. The van der Waals surface area contributed by atoms with Gasteiger partial charge in [-0.1, -0.05) is 0 Å². The lowest BCUT2D eigenvalue weighted by atomic mass is 10.1. The summed E-state index contributed by atoms with van der Waals surface area (Å²) in [5.41, 5.74) is 1.91. The lowest BCUT2D eigenvalue weighted by molar-refractivity contribution is -0.709. The predicted molar refractivity (Wildman–Crippen MR) is 72.3 cm³/mol. The molecule has 0 bridgehead atoms. The van der Waals surface area contributed by atoms with Crippen molar-refractivity contribution in [2.75, 3.05) is 6.26 Å². The largest absolute Gasteiger partial charge is 0.296 e. The van der Waals surface area contributed by atoms with Gasteiger partial charge in [-0.15, -0.1) is 0 Å². The van der Waals surface area contributed by atoms with E-state index in [4.69, 9.17) is 11.6 Å². The molecule has 0 atom stereocenters. The fraction of sp³-hybridized carbons (Fsp3) is 0.231. The normalized spacial score (nSPS) is 11.6. The molecule has 0 fully saturated rings. The van der Waals surface area contributed by atoms with Crippen LogP contribution in [0.5, 0.6) is 0 Å². The van der Waals surface area contributed by atoms with Crippen molar-refractivity contribution in [2.24, 2.45) is 14.1 Å². The maximum atomic E-state index is 11.6.